The average molecular weight is 230 g/mol. The van der Waals surface area contributed by atoms with Crippen molar-refractivity contribution in [1.29, 1.82) is 0 Å². The molecular formula is C12H13F3O. The smallest absolute Gasteiger partial charge is 0.379 e. The Kier molecular flexibility index (Phi) is 2.49. The molecule has 0 atom stereocenters. The van der Waals surface area contributed by atoms with Gasteiger partial charge in [-0.2, -0.15) is 13.2 Å². The van der Waals surface area contributed by atoms with Gasteiger partial charge in [-0.25, -0.2) is 0 Å². The standard InChI is InChI=1S/C12H13F3O/c1-8-3-4-9(2)10(5-8)11(6-16-7-11)12(13,14)15/h3-5H,6-7H2,1-2H3. The highest BCUT2D eigenvalue weighted by Gasteiger charge is 2.61. The summed E-state index contributed by atoms with van der Waals surface area (Å²) in [6, 6.07) is 5.17. The summed E-state index contributed by atoms with van der Waals surface area (Å²) in [7, 11) is 0. The van der Waals surface area contributed by atoms with Crippen LogP contribution in [-0.2, 0) is 10.2 Å². The lowest BCUT2D eigenvalue weighted by Gasteiger charge is -2.43. The van der Waals surface area contributed by atoms with Crippen LogP contribution in [0.5, 0.6) is 0 Å². The molecule has 1 aromatic carbocycles. The molecule has 88 valence electrons. The number of hydrogen-bond acceptors (Lipinski definition) is 1. The van der Waals surface area contributed by atoms with Gasteiger partial charge in [0, 0.05) is 0 Å². The van der Waals surface area contributed by atoms with Crippen LogP contribution in [0.15, 0.2) is 18.2 Å². The molecule has 0 amide bonds. The van der Waals surface area contributed by atoms with Gasteiger partial charge in [0.15, 0.2) is 0 Å². The van der Waals surface area contributed by atoms with Gasteiger partial charge in [0.05, 0.1) is 13.2 Å². The molecule has 0 aromatic heterocycles. The molecule has 16 heavy (non-hydrogen) atoms. The molecule has 1 nitrogen and oxygen atoms in total. The van der Waals surface area contributed by atoms with Crippen LogP contribution in [0.4, 0.5) is 13.2 Å². The summed E-state index contributed by atoms with van der Waals surface area (Å²) >= 11 is 0. The van der Waals surface area contributed by atoms with E-state index < -0.39 is 11.6 Å². The van der Waals surface area contributed by atoms with E-state index in [0.29, 0.717) is 11.1 Å². The highest BCUT2D eigenvalue weighted by Crippen LogP contribution is 2.47. The van der Waals surface area contributed by atoms with E-state index in [1.54, 1.807) is 26.0 Å². The van der Waals surface area contributed by atoms with E-state index in [-0.39, 0.29) is 13.2 Å². The Balaban J connectivity index is 2.53. The van der Waals surface area contributed by atoms with Gasteiger partial charge in [0.25, 0.3) is 0 Å². The number of ether oxygens (including phenoxy) is 1. The van der Waals surface area contributed by atoms with Gasteiger partial charge in [0.1, 0.15) is 5.41 Å². The maximum Gasteiger partial charge on any atom is 0.402 e. The first-order valence-electron chi connectivity index (χ1n) is 5.09. The molecule has 0 unspecified atom stereocenters. The fourth-order valence-electron chi connectivity index (χ4n) is 2.03. The lowest BCUT2D eigenvalue weighted by molar-refractivity contribution is -0.262. The monoisotopic (exact) mass is 230 g/mol. The lowest BCUT2D eigenvalue weighted by atomic mass is 9.75. The van der Waals surface area contributed by atoms with Crippen LogP contribution in [0.25, 0.3) is 0 Å². The van der Waals surface area contributed by atoms with Crippen LogP contribution < -0.4 is 0 Å². The summed E-state index contributed by atoms with van der Waals surface area (Å²) in [6.07, 6.45) is -4.25. The van der Waals surface area contributed by atoms with Gasteiger partial charge in [-0.15, -0.1) is 0 Å². The van der Waals surface area contributed by atoms with E-state index in [1.165, 1.54) is 0 Å². The van der Waals surface area contributed by atoms with Crippen molar-refractivity contribution in [2.24, 2.45) is 0 Å². The van der Waals surface area contributed by atoms with E-state index in [9.17, 15) is 13.2 Å². The number of hydrogen-bond donors (Lipinski definition) is 0. The quantitative estimate of drug-likeness (QED) is 0.720. The molecule has 1 aromatic rings. The minimum Gasteiger partial charge on any atom is -0.379 e. The molecule has 0 radical (unpaired) electrons. The number of aryl methyl sites for hydroxylation is 2. The summed E-state index contributed by atoms with van der Waals surface area (Å²) in [5.41, 5.74) is 0.0805. The first-order valence-corrected chi connectivity index (χ1v) is 5.09. The third-order valence-electron chi connectivity index (χ3n) is 3.15. The summed E-state index contributed by atoms with van der Waals surface area (Å²) in [5, 5.41) is 0. The second-order valence-electron chi connectivity index (χ2n) is 4.39. The first kappa shape index (κ1) is 11.5. The molecule has 1 heterocycles. The Morgan fingerprint density at radius 2 is 1.81 bits per heavy atom. The van der Waals surface area contributed by atoms with Crippen LogP contribution in [0.2, 0.25) is 0 Å². The van der Waals surface area contributed by atoms with Crippen molar-refractivity contribution in [3.8, 4) is 0 Å². The normalized spacial score (nSPS) is 19.3. The lowest BCUT2D eigenvalue weighted by Crippen LogP contribution is -2.57. The zero-order valence-corrected chi connectivity index (χ0v) is 9.19. The van der Waals surface area contributed by atoms with Crippen molar-refractivity contribution in [2.45, 2.75) is 25.4 Å². The van der Waals surface area contributed by atoms with Gasteiger partial charge >= 0.3 is 6.18 Å². The molecule has 0 bridgehead atoms. The van der Waals surface area contributed by atoms with Crippen molar-refractivity contribution < 1.29 is 17.9 Å². The molecule has 1 aliphatic heterocycles. The SMILES string of the molecule is Cc1ccc(C)c(C2(C(F)(F)F)COC2)c1. The zero-order chi connectivity index (χ0) is 12.0. The third-order valence-corrected chi connectivity index (χ3v) is 3.15. The topological polar surface area (TPSA) is 9.23 Å². The molecule has 0 spiro atoms. The summed E-state index contributed by atoms with van der Waals surface area (Å²) < 4.78 is 44.0. The molecule has 1 aliphatic rings. The van der Waals surface area contributed by atoms with E-state index in [1.807, 2.05) is 6.07 Å². The molecule has 0 saturated carbocycles. The van der Waals surface area contributed by atoms with Crippen LogP contribution in [-0.4, -0.2) is 19.4 Å². The van der Waals surface area contributed by atoms with E-state index in [2.05, 4.69) is 0 Å². The second kappa shape index (κ2) is 3.48. The molecule has 1 fully saturated rings. The Bertz CT molecular complexity index is 405. The predicted molar refractivity (Wildman–Crippen MR) is 54.5 cm³/mol. The number of rotatable bonds is 1. The van der Waals surface area contributed by atoms with Gasteiger partial charge in [0.2, 0.25) is 0 Å². The molecule has 1 saturated heterocycles. The highest BCUT2D eigenvalue weighted by atomic mass is 19.4. The van der Waals surface area contributed by atoms with Crippen molar-refractivity contribution in [2.75, 3.05) is 13.2 Å². The Hall–Kier alpha value is -1.03. The van der Waals surface area contributed by atoms with Gasteiger partial charge in [-0.3, -0.25) is 0 Å². The van der Waals surface area contributed by atoms with Gasteiger partial charge in [-0.05, 0) is 25.0 Å². The van der Waals surface area contributed by atoms with E-state index in [4.69, 9.17) is 4.74 Å². The second-order valence-corrected chi connectivity index (χ2v) is 4.39. The molecular weight excluding hydrogens is 217 g/mol. The van der Waals surface area contributed by atoms with Crippen LogP contribution >= 0.6 is 0 Å². The zero-order valence-electron chi connectivity index (χ0n) is 9.19. The minimum absolute atomic E-state index is 0.263. The van der Waals surface area contributed by atoms with E-state index >= 15 is 0 Å². The summed E-state index contributed by atoms with van der Waals surface area (Å²) in [4.78, 5) is 0. The predicted octanol–water partition coefficient (Wildman–Crippen LogP) is 3.13. The minimum atomic E-state index is -4.25. The summed E-state index contributed by atoms with van der Waals surface area (Å²) in [5.74, 6) is 0. The molecule has 4 heteroatoms. The molecule has 0 N–H and O–H groups in total. The van der Waals surface area contributed by atoms with Gasteiger partial charge < -0.3 is 4.74 Å². The number of halogens is 3. The third kappa shape index (κ3) is 1.52. The van der Waals surface area contributed by atoms with Crippen molar-refractivity contribution in [1.82, 2.24) is 0 Å². The van der Waals surface area contributed by atoms with Crippen LogP contribution in [0, 0.1) is 13.8 Å². The fourth-order valence-corrected chi connectivity index (χ4v) is 2.03. The van der Waals surface area contributed by atoms with Crippen LogP contribution in [0.1, 0.15) is 16.7 Å². The molecule has 2 rings (SSSR count). The average Bonchev–Trinajstić information content (AvgIpc) is 2.06. The number of alkyl halides is 3. The summed E-state index contributed by atoms with van der Waals surface area (Å²) in [6.45, 7) is 2.98. The number of benzene rings is 1. The maximum atomic E-state index is 13.1. The largest absolute Gasteiger partial charge is 0.402 e. The van der Waals surface area contributed by atoms with Crippen LogP contribution in [0.3, 0.4) is 0 Å². The van der Waals surface area contributed by atoms with Gasteiger partial charge in [-0.1, -0.05) is 23.8 Å². The fraction of sp³-hybridized carbons (Fsp3) is 0.500. The Morgan fingerprint density at radius 1 is 1.19 bits per heavy atom. The van der Waals surface area contributed by atoms with Crippen molar-refractivity contribution in [3.05, 3.63) is 34.9 Å². The maximum absolute atomic E-state index is 13.1. The Morgan fingerprint density at radius 3 is 2.25 bits per heavy atom. The van der Waals surface area contributed by atoms with Crippen molar-refractivity contribution >= 4 is 0 Å². The molecule has 0 aliphatic carbocycles. The first-order chi connectivity index (χ1) is 7.37. The van der Waals surface area contributed by atoms with E-state index in [0.717, 1.165) is 5.56 Å². The highest BCUT2D eigenvalue weighted by molar-refractivity contribution is 5.39. The Labute approximate surface area is 92.2 Å². The van der Waals surface area contributed by atoms with Crippen molar-refractivity contribution in [3.63, 3.8) is 0 Å².